The summed E-state index contributed by atoms with van der Waals surface area (Å²) < 4.78 is 0. The topological polar surface area (TPSA) is 17.1 Å². The maximum atomic E-state index is 13.0. The molecule has 0 spiro atoms. The number of Topliss-reactive ketones (excluding diaryl/α,β-unsaturated/α-hetero) is 1. The van der Waals surface area contributed by atoms with Crippen molar-refractivity contribution >= 4 is 29.0 Å². The van der Waals surface area contributed by atoms with E-state index in [1.165, 1.54) is 15.9 Å². The van der Waals surface area contributed by atoms with Crippen molar-refractivity contribution in [2.45, 2.75) is 12.8 Å². The first-order chi connectivity index (χ1) is 12.3. The summed E-state index contributed by atoms with van der Waals surface area (Å²) in [7, 11) is -2.36. The molecule has 0 N–H and O–H groups in total. The van der Waals surface area contributed by atoms with Crippen LogP contribution in [0, 0.1) is 5.92 Å². The van der Waals surface area contributed by atoms with Crippen molar-refractivity contribution in [3.8, 4) is 0 Å². The molecular weight excluding hydrogens is 323 g/mol. The third-order valence-electron chi connectivity index (χ3n) is 5.27. The number of hydrogen-bond donors (Lipinski definition) is 0. The van der Waals surface area contributed by atoms with Crippen LogP contribution in [0.3, 0.4) is 0 Å². The van der Waals surface area contributed by atoms with Gasteiger partial charge in [-0.05, 0) is 0 Å². The standard InChI is InChI=1S/C23H23OP/c24-23(19-16-17-19)18-25(20-10-4-1-5-11-20,21-12-6-2-7-13-21)22-14-8-3-9-15-22/h1-15,19,25H,16-18H2. The summed E-state index contributed by atoms with van der Waals surface area (Å²) in [4.78, 5) is 13.0. The fourth-order valence-corrected chi connectivity index (χ4v) is 8.49. The van der Waals surface area contributed by atoms with Crippen molar-refractivity contribution in [3.05, 3.63) is 91.0 Å². The van der Waals surface area contributed by atoms with E-state index in [1.54, 1.807) is 0 Å². The molecule has 1 aliphatic rings. The van der Waals surface area contributed by atoms with Gasteiger partial charge in [0.25, 0.3) is 0 Å². The van der Waals surface area contributed by atoms with Crippen LogP contribution < -0.4 is 15.9 Å². The van der Waals surface area contributed by atoms with Gasteiger partial charge in [0.1, 0.15) is 0 Å². The molecule has 1 nitrogen and oxygen atoms in total. The summed E-state index contributed by atoms with van der Waals surface area (Å²) in [6, 6.07) is 32.1. The van der Waals surface area contributed by atoms with E-state index in [-0.39, 0.29) is 0 Å². The van der Waals surface area contributed by atoms with Crippen LogP contribution in [-0.2, 0) is 4.79 Å². The normalized spacial score (nSPS) is 14.9. The molecule has 0 saturated heterocycles. The zero-order valence-corrected chi connectivity index (χ0v) is 15.3. The van der Waals surface area contributed by atoms with Gasteiger partial charge in [-0.15, -0.1) is 0 Å². The Morgan fingerprint density at radius 2 is 1.04 bits per heavy atom. The molecule has 25 heavy (non-hydrogen) atoms. The van der Waals surface area contributed by atoms with Crippen molar-refractivity contribution in [2.24, 2.45) is 5.92 Å². The predicted octanol–water partition coefficient (Wildman–Crippen LogP) is 3.69. The molecule has 0 aromatic heterocycles. The number of ketones is 1. The number of rotatable bonds is 6. The molecule has 2 heteroatoms. The van der Waals surface area contributed by atoms with Gasteiger partial charge in [0, 0.05) is 0 Å². The predicted molar refractivity (Wildman–Crippen MR) is 109 cm³/mol. The Bertz CT molecular complexity index is 742. The summed E-state index contributed by atoms with van der Waals surface area (Å²) in [5, 5.41) is 3.96. The van der Waals surface area contributed by atoms with Gasteiger partial charge in [-0.1, -0.05) is 0 Å². The van der Waals surface area contributed by atoms with E-state index in [0.29, 0.717) is 17.9 Å². The Kier molecular flexibility index (Phi) is 4.51. The van der Waals surface area contributed by atoms with Gasteiger partial charge in [-0.2, -0.15) is 0 Å². The van der Waals surface area contributed by atoms with Crippen LogP contribution in [-0.4, -0.2) is 11.9 Å². The molecule has 0 aliphatic heterocycles. The quantitative estimate of drug-likeness (QED) is 0.622. The third-order valence-corrected chi connectivity index (χ3v) is 10.1. The molecule has 4 rings (SSSR count). The van der Waals surface area contributed by atoms with E-state index in [2.05, 4.69) is 91.0 Å². The van der Waals surface area contributed by atoms with Crippen molar-refractivity contribution in [1.82, 2.24) is 0 Å². The van der Waals surface area contributed by atoms with E-state index in [1.807, 2.05) is 0 Å². The van der Waals surface area contributed by atoms with Crippen LogP contribution in [0.15, 0.2) is 91.0 Å². The SMILES string of the molecule is O=C(C[PH](c1ccccc1)(c1ccccc1)c1ccccc1)C1CC1. The van der Waals surface area contributed by atoms with E-state index < -0.39 is 7.26 Å². The summed E-state index contributed by atoms with van der Waals surface area (Å²) in [5.41, 5.74) is 0. The third kappa shape index (κ3) is 3.17. The molecule has 1 aliphatic carbocycles. The Labute approximate surface area is 150 Å². The van der Waals surface area contributed by atoms with Crippen LogP contribution in [0.2, 0.25) is 0 Å². The molecule has 0 amide bonds. The van der Waals surface area contributed by atoms with Gasteiger partial charge in [0.2, 0.25) is 0 Å². The molecule has 126 valence electrons. The number of benzene rings is 3. The first-order valence-corrected chi connectivity index (χ1v) is 11.2. The first-order valence-electron chi connectivity index (χ1n) is 9.00. The van der Waals surface area contributed by atoms with Crippen molar-refractivity contribution in [3.63, 3.8) is 0 Å². The molecule has 3 aromatic carbocycles. The molecular formula is C23H23OP. The molecule has 1 saturated carbocycles. The van der Waals surface area contributed by atoms with Gasteiger partial charge >= 0.3 is 150 Å². The van der Waals surface area contributed by atoms with Crippen LogP contribution >= 0.6 is 7.26 Å². The van der Waals surface area contributed by atoms with E-state index in [9.17, 15) is 4.79 Å². The van der Waals surface area contributed by atoms with E-state index in [4.69, 9.17) is 0 Å². The molecule has 3 aromatic rings. The minimum absolute atomic E-state index is 0.294. The van der Waals surface area contributed by atoms with E-state index >= 15 is 0 Å². The zero-order valence-electron chi connectivity index (χ0n) is 14.3. The fraction of sp³-hybridized carbons (Fsp3) is 0.174. The van der Waals surface area contributed by atoms with Gasteiger partial charge in [0.05, 0.1) is 0 Å². The molecule has 0 bridgehead atoms. The Balaban J connectivity index is 1.95. The van der Waals surface area contributed by atoms with Gasteiger partial charge in [-0.3, -0.25) is 0 Å². The summed E-state index contributed by atoms with van der Waals surface area (Å²) in [6.07, 6.45) is 2.80. The Morgan fingerprint density at radius 3 is 1.36 bits per heavy atom. The van der Waals surface area contributed by atoms with Gasteiger partial charge in [0.15, 0.2) is 0 Å². The van der Waals surface area contributed by atoms with Gasteiger partial charge < -0.3 is 0 Å². The number of hydrogen-bond acceptors (Lipinski definition) is 1. The molecule has 0 atom stereocenters. The zero-order chi connectivity index (χ0) is 17.1. The van der Waals surface area contributed by atoms with Crippen molar-refractivity contribution in [1.29, 1.82) is 0 Å². The Hall–Kier alpha value is -2.24. The Morgan fingerprint density at radius 1 is 0.680 bits per heavy atom. The van der Waals surface area contributed by atoms with Crippen LogP contribution in [0.1, 0.15) is 12.8 Å². The molecule has 0 radical (unpaired) electrons. The van der Waals surface area contributed by atoms with Crippen molar-refractivity contribution in [2.75, 3.05) is 6.16 Å². The van der Waals surface area contributed by atoms with Gasteiger partial charge in [-0.25, -0.2) is 0 Å². The van der Waals surface area contributed by atoms with E-state index in [0.717, 1.165) is 12.8 Å². The maximum absolute atomic E-state index is 13.0. The average Bonchev–Trinajstić information content (AvgIpc) is 3.53. The van der Waals surface area contributed by atoms with Crippen molar-refractivity contribution < 1.29 is 4.79 Å². The second kappa shape index (κ2) is 6.94. The fourth-order valence-electron chi connectivity index (χ4n) is 3.79. The molecule has 1 fully saturated rings. The number of carbonyl (C=O) groups is 1. The van der Waals surface area contributed by atoms with Crippen LogP contribution in [0.5, 0.6) is 0 Å². The monoisotopic (exact) mass is 346 g/mol. The van der Waals surface area contributed by atoms with Crippen LogP contribution in [0.4, 0.5) is 0 Å². The molecule has 0 unspecified atom stereocenters. The summed E-state index contributed by atoms with van der Waals surface area (Å²) in [5.74, 6) is 0.742. The average molecular weight is 346 g/mol. The summed E-state index contributed by atoms with van der Waals surface area (Å²) in [6.45, 7) is 0. The number of carbonyl (C=O) groups excluding carboxylic acids is 1. The molecule has 0 heterocycles. The second-order valence-electron chi connectivity index (χ2n) is 6.92. The second-order valence-corrected chi connectivity index (χ2v) is 10.8. The summed E-state index contributed by atoms with van der Waals surface area (Å²) >= 11 is 0. The van der Waals surface area contributed by atoms with Crippen LogP contribution in [0.25, 0.3) is 0 Å². The first kappa shape index (κ1) is 16.2. The minimum atomic E-state index is -2.36.